The van der Waals surface area contributed by atoms with Crippen molar-refractivity contribution in [3.8, 4) is 0 Å². The van der Waals surface area contributed by atoms with Crippen molar-refractivity contribution in [3.63, 3.8) is 0 Å². The Morgan fingerprint density at radius 3 is 1.26 bits per heavy atom. The van der Waals surface area contributed by atoms with Crippen LogP contribution in [-0.2, 0) is 51.9 Å². The van der Waals surface area contributed by atoms with E-state index in [0.29, 0.717) is 23.7 Å². The van der Waals surface area contributed by atoms with Crippen LogP contribution in [0.5, 0.6) is 0 Å². The summed E-state index contributed by atoms with van der Waals surface area (Å²) >= 11 is 0. The van der Waals surface area contributed by atoms with Gasteiger partial charge < -0.3 is 20.4 Å². The van der Waals surface area contributed by atoms with Gasteiger partial charge in [0.1, 0.15) is 0 Å². The molecule has 0 aromatic heterocycles. The lowest BCUT2D eigenvalue weighted by Gasteiger charge is -2.25. The van der Waals surface area contributed by atoms with Crippen molar-refractivity contribution in [2.45, 2.75) is 131 Å². The lowest BCUT2D eigenvalue weighted by molar-refractivity contribution is 0.312. The Balaban J connectivity index is 0.000000139. The first kappa shape index (κ1) is 41.9. The third-order valence-corrected chi connectivity index (χ3v) is 11.8. The smallest absolute Gasteiger partial charge is 0.0233 e. The minimum atomic E-state index is 0.646. The van der Waals surface area contributed by atoms with Gasteiger partial charge in [-0.3, -0.25) is 0 Å². The number of nitrogens with one attached hydrogen (secondary N) is 2. The molecular formula is C50H72N4. The highest BCUT2D eigenvalue weighted by atomic mass is 15.1. The van der Waals surface area contributed by atoms with Gasteiger partial charge >= 0.3 is 0 Å². The third kappa shape index (κ3) is 11.9. The fourth-order valence-electron chi connectivity index (χ4n) is 7.87. The Labute approximate surface area is 330 Å². The summed E-state index contributed by atoms with van der Waals surface area (Å²) in [6.45, 7) is 27.1. The topological polar surface area (TPSA) is 30.5 Å². The summed E-state index contributed by atoms with van der Waals surface area (Å²) < 4.78 is 0. The van der Waals surface area contributed by atoms with Gasteiger partial charge in [-0.25, -0.2) is 0 Å². The van der Waals surface area contributed by atoms with Crippen molar-refractivity contribution in [1.29, 1.82) is 0 Å². The summed E-state index contributed by atoms with van der Waals surface area (Å²) in [5.74, 6) is 2.60. The second-order valence-electron chi connectivity index (χ2n) is 17.6. The first-order valence-electron chi connectivity index (χ1n) is 21.1. The van der Waals surface area contributed by atoms with Gasteiger partial charge in [-0.1, -0.05) is 128 Å². The van der Waals surface area contributed by atoms with Gasteiger partial charge in [-0.2, -0.15) is 0 Å². The molecule has 4 aromatic rings. The molecule has 4 aliphatic heterocycles. The molecule has 0 radical (unpaired) electrons. The predicted molar refractivity (Wildman–Crippen MR) is 233 cm³/mol. The van der Waals surface area contributed by atoms with E-state index in [1.54, 1.807) is 16.7 Å². The van der Waals surface area contributed by atoms with E-state index in [2.05, 4.69) is 163 Å². The molecule has 4 heterocycles. The molecule has 4 aliphatic rings. The maximum absolute atomic E-state index is 3.41. The van der Waals surface area contributed by atoms with E-state index in [1.807, 2.05) is 0 Å². The highest BCUT2D eigenvalue weighted by Crippen LogP contribution is 2.25. The highest BCUT2D eigenvalue weighted by molar-refractivity contribution is 5.38. The van der Waals surface area contributed by atoms with E-state index in [9.17, 15) is 0 Å². The molecule has 4 nitrogen and oxygen atoms in total. The average Bonchev–Trinajstić information content (AvgIpc) is 3.17. The molecule has 0 fully saturated rings. The van der Waals surface area contributed by atoms with E-state index < -0.39 is 0 Å². The molecule has 0 amide bonds. The van der Waals surface area contributed by atoms with Crippen molar-refractivity contribution in [3.05, 3.63) is 140 Å². The molecule has 2 N–H and O–H groups in total. The van der Waals surface area contributed by atoms with Crippen LogP contribution < -0.4 is 10.6 Å². The van der Waals surface area contributed by atoms with E-state index in [0.717, 1.165) is 39.3 Å². The summed E-state index contributed by atoms with van der Waals surface area (Å²) in [5, 5.41) is 6.80. The van der Waals surface area contributed by atoms with Crippen LogP contribution in [-0.4, -0.2) is 50.1 Å². The first-order chi connectivity index (χ1) is 25.9. The Morgan fingerprint density at radius 1 is 0.389 bits per heavy atom. The molecule has 0 atom stereocenters. The Bertz CT molecular complexity index is 1720. The standard InChI is InChI=1S/2C13H19N.2C12H17N/c1-10(2)11-4-5-13-9-14(3)7-6-12(13)8-11;1-10(2)12-5-4-11-6-7-14(3)9-13(11)8-12;1-9(2)10-3-4-12-8-13-6-5-11(12)7-10;1-9(2)11-4-3-10-5-6-13-8-12(10)7-11/h2*4-5,8,10H,6-7,9H2,1-3H3;2*3-4,7,9,13H,5-6,8H2,1-2H3. The lowest BCUT2D eigenvalue weighted by Crippen LogP contribution is -2.26. The van der Waals surface area contributed by atoms with Crippen LogP contribution in [0.4, 0.5) is 0 Å². The number of nitrogens with zero attached hydrogens (tertiary/aromatic N) is 2. The zero-order valence-corrected chi connectivity index (χ0v) is 35.6. The maximum atomic E-state index is 3.41. The van der Waals surface area contributed by atoms with Gasteiger partial charge in [-0.05, 0) is 143 Å². The van der Waals surface area contributed by atoms with Gasteiger partial charge in [-0.15, -0.1) is 0 Å². The molecule has 292 valence electrons. The number of hydrogen-bond acceptors (Lipinski definition) is 4. The second kappa shape index (κ2) is 20.1. The molecule has 4 heteroatoms. The molecule has 4 aromatic carbocycles. The quantitative estimate of drug-likeness (QED) is 0.219. The summed E-state index contributed by atoms with van der Waals surface area (Å²) in [6, 6.07) is 27.8. The summed E-state index contributed by atoms with van der Waals surface area (Å²) in [6.07, 6.45) is 4.81. The zero-order chi connectivity index (χ0) is 38.8. The summed E-state index contributed by atoms with van der Waals surface area (Å²) in [7, 11) is 4.39. The highest BCUT2D eigenvalue weighted by Gasteiger charge is 2.15. The van der Waals surface area contributed by atoms with Crippen LogP contribution in [0.1, 0.15) is 146 Å². The molecular weight excluding hydrogens is 657 g/mol. The van der Waals surface area contributed by atoms with Gasteiger partial charge in [0.05, 0.1) is 0 Å². The average molecular weight is 729 g/mol. The van der Waals surface area contributed by atoms with Crippen molar-refractivity contribution in [2.75, 3.05) is 40.3 Å². The molecule has 8 rings (SSSR count). The van der Waals surface area contributed by atoms with Gasteiger partial charge in [0.15, 0.2) is 0 Å². The van der Waals surface area contributed by atoms with E-state index in [-0.39, 0.29) is 0 Å². The summed E-state index contributed by atoms with van der Waals surface area (Å²) in [5.41, 5.74) is 18.1. The van der Waals surface area contributed by atoms with Gasteiger partial charge in [0, 0.05) is 39.3 Å². The van der Waals surface area contributed by atoms with Crippen molar-refractivity contribution in [1.82, 2.24) is 20.4 Å². The SMILES string of the molecule is CC(C)c1ccc2c(c1)CCN(C)C2.CC(C)c1ccc2c(c1)CCNC2.CC(C)c1ccc2c(c1)CN(C)CC2.CC(C)c1ccc2c(c1)CNCC2. The van der Waals surface area contributed by atoms with Crippen molar-refractivity contribution in [2.24, 2.45) is 0 Å². The predicted octanol–water partition coefficient (Wildman–Crippen LogP) is 10.5. The van der Waals surface area contributed by atoms with Crippen molar-refractivity contribution < 1.29 is 0 Å². The van der Waals surface area contributed by atoms with Crippen LogP contribution in [0.15, 0.2) is 72.8 Å². The Hall–Kier alpha value is -3.28. The summed E-state index contributed by atoms with van der Waals surface area (Å²) in [4.78, 5) is 4.78. The third-order valence-electron chi connectivity index (χ3n) is 11.8. The van der Waals surface area contributed by atoms with Gasteiger partial charge in [0.2, 0.25) is 0 Å². The number of benzene rings is 4. The Morgan fingerprint density at radius 2 is 0.741 bits per heavy atom. The zero-order valence-electron chi connectivity index (χ0n) is 35.6. The van der Waals surface area contributed by atoms with Crippen molar-refractivity contribution >= 4 is 0 Å². The van der Waals surface area contributed by atoms with Crippen LogP contribution in [0.25, 0.3) is 0 Å². The normalized spacial score (nSPS) is 16.6. The van der Waals surface area contributed by atoms with Crippen LogP contribution in [0.2, 0.25) is 0 Å². The molecule has 0 saturated heterocycles. The van der Waals surface area contributed by atoms with Gasteiger partial charge in [0.25, 0.3) is 0 Å². The molecule has 54 heavy (non-hydrogen) atoms. The van der Waals surface area contributed by atoms with Crippen LogP contribution in [0.3, 0.4) is 0 Å². The largest absolute Gasteiger partial charge is 0.312 e. The number of hydrogen-bond donors (Lipinski definition) is 2. The van der Waals surface area contributed by atoms with E-state index >= 15 is 0 Å². The molecule has 0 saturated carbocycles. The number of rotatable bonds is 4. The molecule has 0 bridgehead atoms. The monoisotopic (exact) mass is 729 g/mol. The molecule has 0 aliphatic carbocycles. The second-order valence-corrected chi connectivity index (χ2v) is 17.6. The van der Waals surface area contributed by atoms with E-state index in [4.69, 9.17) is 0 Å². The molecule has 0 unspecified atom stereocenters. The molecule has 0 spiro atoms. The minimum Gasteiger partial charge on any atom is -0.312 e. The van der Waals surface area contributed by atoms with E-state index in [1.165, 1.54) is 88.8 Å². The van der Waals surface area contributed by atoms with Crippen LogP contribution >= 0.6 is 0 Å². The minimum absolute atomic E-state index is 0.646. The Kier molecular flexibility index (Phi) is 15.5. The first-order valence-corrected chi connectivity index (χ1v) is 21.1. The number of likely N-dealkylation sites (N-methyl/N-ethyl adjacent to an activating group) is 2. The number of fused-ring (bicyclic) bond motifs is 4. The fraction of sp³-hybridized carbons (Fsp3) is 0.520. The maximum Gasteiger partial charge on any atom is 0.0233 e. The van der Waals surface area contributed by atoms with Crippen LogP contribution in [0, 0.1) is 0 Å². The fourth-order valence-corrected chi connectivity index (χ4v) is 7.87. The lowest BCUT2D eigenvalue weighted by atomic mass is 9.93.